The van der Waals surface area contributed by atoms with Crippen LogP contribution in [0, 0.1) is 22.2 Å². The van der Waals surface area contributed by atoms with Gasteiger partial charge < -0.3 is 10.4 Å². The van der Waals surface area contributed by atoms with Crippen LogP contribution >= 0.6 is 0 Å². The minimum Gasteiger partial charge on any atom is -0.396 e. The van der Waals surface area contributed by atoms with E-state index < -0.39 is 0 Å². The minimum absolute atomic E-state index is 0.144. The fourth-order valence-corrected chi connectivity index (χ4v) is 2.58. The molecule has 0 unspecified atom stereocenters. The van der Waals surface area contributed by atoms with Crippen LogP contribution in [0.4, 0.5) is 0 Å². The monoisotopic (exact) mass is 238 g/mol. The predicted molar refractivity (Wildman–Crippen MR) is 69.5 cm³/mol. The number of aliphatic hydroxyl groups is 1. The fraction of sp³-hybridized carbons (Fsp3) is 0.929. The Morgan fingerprint density at radius 1 is 1.35 bits per heavy atom. The standard InChI is InChI=1S/C14H26N2O/c1-13(2,10-15)6-5-9-16-11-14(12-17)7-3-4-8-14/h16-17H,3-9,11-12H2,1-2H3. The van der Waals surface area contributed by atoms with Gasteiger partial charge in [0, 0.05) is 18.6 Å². The molecule has 0 radical (unpaired) electrons. The first-order valence-electron chi connectivity index (χ1n) is 6.76. The van der Waals surface area contributed by atoms with E-state index in [1.807, 2.05) is 13.8 Å². The van der Waals surface area contributed by atoms with E-state index in [9.17, 15) is 5.11 Å². The van der Waals surface area contributed by atoms with E-state index >= 15 is 0 Å². The summed E-state index contributed by atoms with van der Waals surface area (Å²) in [4.78, 5) is 0. The number of nitrogens with one attached hydrogen (secondary N) is 1. The van der Waals surface area contributed by atoms with E-state index in [-0.39, 0.29) is 10.8 Å². The van der Waals surface area contributed by atoms with Crippen molar-refractivity contribution in [3.05, 3.63) is 0 Å². The lowest BCUT2D eigenvalue weighted by molar-refractivity contribution is 0.128. The molecule has 1 aliphatic rings. The van der Waals surface area contributed by atoms with Crippen LogP contribution in [0.25, 0.3) is 0 Å². The Kier molecular flexibility index (Phi) is 5.42. The van der Waals surface area contributed by atoms with E-state index in [2.05, 4.69) is 11.4 Å². The molecule has 0 atom stereocenters. The van der Waals surface area contributed by atoms with Crippen molar-refractivity contribution in [1.82, 2.24) is 5.32 Å². The van der Waals surface area contributed by atoms with Crippen LogP contribution < -0.4 is 5.32 Å². The average Bonchev–Trinajstić information content (AvgIpc) is 2.78. The number of hydrogen-bond donors (Lipinski definition) is 2. The molecule has 1 aliphatic carbocycles. The molecule has 1 saturated carbocycles. The Bertz CT molecular complexity index is 262. The number of nitrogens with zero attached hydrogens (tertiary/aromatic N) is 1. The van der Waals surface area contributed by atoms with Crippen LogP contribution in [0.2, 0.25) is 0 Å². The SMILES string of the molecule is CC(C)(C#N)CCCNCC1(CO)CCCC1. The zero-order valence-corrected chi connectivity index (χ0v) is 11.3. The third-order valence-corrected chi connectivity index (χ3v) is 3.96. The van der Waals surface area contributed by atoms with Crippen LogP contribution in [0.1, 0.15) is 52.4 Å². The van der Waals surface area contributed by atoms with Crippen molar-refractivity contribution in [3.63, 3.8) is 0 Å². The summed E-state index contributed by atoms with van der Waals surface area (Å²) >= 11 is 0. The highest BCUT2D eigenvalue weighted by Crippen LogP contribution is 2.36. The Labute approximate surface area is 105 Å². The molecular weight excluding hydrogens is 212 g/mol. The predicted octanol–water partition coefficient (Wildman–Crippen LogP) is 2.46. The lowest BCUT2D eigenvalue weighted by Gasteiger charge is -2.27. The van der Waals surface area contributed by atoms with E-state index in [4.69, 9.17) is 5.26 Å². The van der Waals surface area contributed by atoms with Crippen molar-refractivity contribution in [1.29, 1.82) is 5.26 Å². The van der Waals surface area contributed by atoms with Gasteiger partial charge in [0.2, 0.25) is 0 Å². The van der Waals surface area contributed by atoms with Gasteiger partial charge in [-0.15, -0.1) is 0 Å². The highest BCUT2D eigenvalue weighted by molar-refractivity contribution is 4.91. The maximum atomic E-state index is 9.46. The van der Waals surface area contributed by atoms with Gasteiger partial charge in [0.15, 0.2) is 0 Å². The number of rotatable bonds is 7. The molecule has 0 spiro atoms. The number of nitriles is 1. The van der Waals surface area contributed by atoms with Gasteiger partial charge in [-0.1, -0.05) is 12.8 Å². The van der Waals surface area contributed by atoms with Crippen LogP contribution in [0.15, 0.2) is 0 Å². The van der Waals surface area contributed by atoms with Crippen LogP contribution in [-0.4, -0.2) is 24.8 Å². The second kappa shape index (κ2) is 6.37. The highest BCUT2D eigenvalue weighted by Gasteiger charge is 2.32. The smallest absolute Gasteiger partial charge is 0.0683 e. The van der Waals surface area contributed by atoms with Gasteiger partial charge in [-0.25, -0.2) is 0 Å². The molecular formula is C14H26N2O. The third-order valence-electron chi connectivity index (χ3n) is 3.96. The van der Waals surface area contributed by atoms with Crippen LogP contribution in [0.3, 0.4) is 0 Å². The Morgan fingerprint density at radius 2 is 2.00 bits per heavy atom. The summed E-state index contributed by atoms with van der Waals surface area (Å²) in [6.07, 6.45) is 6.78. The van der Waals surface area contributed by atoms with Gasteiger partial charge in [0.05, 0.1) is 11.5 Å². The molecule has 3 nitrogen and oxygen atoms in total. The first-order chi connectivity index (χ1) is 8.04. The summed E-state index contributed by atoms with van der Waals surface area (Å²) in [6, 6.07) is 2.32. The number of hydrogen-bond acceptors (Lipinski definition) is 3. The summed E-state index contributed by atoms with van der Waals surface area (Å²) in [5.74, 6) is 0. The summed E-state index contributed by atoms with van der Waals surface area (Å²) in [7, 11) is 0. The summed E-state index contributed by atoms with van der Waals surface area (Å²) in [5.41, 5.74) is -0.0611. The first-order valence-corrected chi connectivity index (χ1v) is 6.76. The van der Waals surface area contributed by atoms with Crippen molar-refractivity contribution in [2.75, 3.05) is 19.7 Å². The third kappa shape index (κ3) is 4.65. The van der Waals surface area contributed by atoms with Gasteiger partial charge >= 0.3 is 0 Å². The minimum atomic E-state index is -0.205. The van der Waals surface area contributed by atoms with E-state index in [1.54, 1.807) is 0 Å². The van der Waals surface area contributed by atoms with E-state index in [0.29, 0.717) is 6.61 Å². The van der Waals surface area contributed by atoms with E-state index in [0.717, 1.165) is 38.8 Å². The summed E-state index contributed by atoms with van der Waals surface area (Å²) in [5, 5.41) is 21.8. The van der Waals surface area contributed by atoms with Crippen LogP contribution in [-0.2, 0) is 0 Å². The van der Waals surface area contributed by atoms with Crippen LogP contribution in [0.5, 0.6) is 0 Å². The summed E-state index contributed by atoms with van der Waals surface area (Å²) in [6.45, 7) is 6.16. The maximum Gasteiger partial charge on any atom is 0.0683 e. The molecule has 0 aromatic heterocycles. The fourth-order valence-electron chi connectivity index (χ4n) is 2.58. The molecule has 0 heterocycles. The van der Waals surface area contributed by atoms with Crippen molar-refractivity contribution in [2.45, 2.75) is 52.4 Å². The molecule has 0 bridgehead atoms. The molecule has 0 aromatic carbocycles. The van der Waals surface area contributed by atoms with Crippen molar-refractivity contribution >= 4 is 0 Å². The molecule has 0 aromatic rings. The molecule has 1 rings (SSSR count). The first kappa shape index (κ1) is 14.5. The Morgan fingerprint density at radius 3 is 2.53 bits per heavy atom. The second-order valence-electron chi connectivity index (χ2n) is 6.14. The number of aliphatic hydroxyl groups excluding tert-OH is 1. The molecule has 0 aliphatic heterocycles. The lowest BCUT2D eigenvalue weighted by atomic mass is 9.87. The van der Waals surface area contributed by atoms with Crippen molar-refractivity contribution in [2.24, 2.45) is 10.8 Å². The average molecular weight is 238 g/mol. The van der Waals surface area contributed by atoms with Gasteiger partial charge in [-0.05, 0) is 46.1 Å². The normalized spacial score (nSPS) is 19.2. The second-order valence-corrected chi connectivity index (χ2v) is 6.14. The molecule has 98 valence electrons. The highest BCUT2D eigenvalue weighted by atomic mass is 16.3. The van der Waals surface area contributed by atoms with Gasteiger partial charge in [0.1, 0.15) is 0 Å². The molecule has 2 N–H and O–H groups in total. The molecule has 17 heavy (non-hydrogen) atoms. The van der Waals surface area contributed by atoms with Gasteiger partial charge in [-0.3, -0.25) is 0 Å². The zero-order chi connectivity index (χ0) is 12.8. The van der Waals surface area contributed by atoms with Crippen molar-refractivity contribution < 1.29 is 5.11 Å². The largest absolute Gasteiger partial charge is 0.396 e. The molecule has 3 heteroatoms. The maximum absolute atomic E-state index is 9.46. The molecule has 1 fully saturated rings. The van der Waals surface area contributed by atoms with E-state index in [1.165, 1.54) is 12.8 Å². The quantitative estimate of drug-likeness (QED) is 0.670. The van der Waals surface area contributed by atoms with Gasteiger partial charge in [0.25, 0.3) is 0 Å². The molecule has 0 saturated heterocycles. The molecule has 0 amide bonds. The summed E-state index contributed by atoms with van der Waals surface area (Å²) < 4.78 is 0. The topological polar surface area (TPSA) is 56.0 Å². The van der Waals surface area contributed by atoms with Gasteiger partial charge in [-0.2, -0.15) is 5.26 Å². The Balaban J connectivity index is 2.14. The lowest BCUT2D eigenvalue weighted by Crippen LogP contribution is -2.35. The van der Waals surface area contributed by atoms with Crippen molar-refractivity contribution in [3.8, 4) is 6.07 Å². The Hall–Kier alpha value is -0.590. The zero-order valence-electron chi connectivity index (χ0n) is 11.3.